The number of carbonyl (C=O) groups excluding carboxylic acids is 1. The number of primary amides is 1. The first-order chi connectivity index (χ1) is 15.2. The molecule has 1 amide bonds. The lowest BCUT2D eigenvalue weighted by Crippen LogP contribution is -2.34. The number of pyridine rings is 1. The second kappa shape index (κ2) is 8.36. The van der Waals surface area contributed by atoms with Crippen LogP contribution in [0.5, 0.6) is 0 Å². The molecule has 0 saturated carbocycles. The van der Waals surface area contributed by atoms with Gasteiger partial charge in [0.25, 0.3) is 0 Å². The molecule has 3 N–H and O–H groups in total. The number of aromatic nitrogens is 2. The van der Waals surface area contributed by atoms with Crippen LogP contribution in [-0.4, -0.2) is 33.9 Å². The van der Waals surface area contributed by atoms with Gasteiger partial charge in [-0.1, -0.05) is 24.3 Å². The number of rotatable bonds is 5. The molecule has 1 aliphatic heterocycles. The SMILES string of the molecule is NC(=O)c1cccc(-c2cccc(C3CCCN(Cc4ccc5[nH]ccc5c4)C3)n2)c1. The fraction of sp³-hybridized carbons (Fsp3) is 0.231. The number of fused-ring (bicyclic) bond motifs is 1. The molecule has 1 unspecified atom stereocenters. The molecule has 1 aliphatic rings. The van der Waals surface area contributed by atoms with E-state index in [1.807, 2.05) is 30.5 Å². The third-order valence-corrected chi connectivity index (χ3v) is 6.16. The highest BCUT2D eigenvalue weighted by Gasteiger charge is 2.23. The zero-order chi connectivity index (χ0) is 21.2. The van der Waals surface area contributed by atoms with Crippen LogP contribution in [0, 0.1) is 0 Å². The number of benzene rings is 2. The Labute approximate surface area is 181 Å². The van der Waals surface area contributed by atoms with Gasteiger partial charge in [0.2, 0.25) is 5.91 Å². The molecule has 0 radical (unpaired) electrons. The molecule has 0 aliphatic carbocycles. The van der Waals surface area contributed by atoms with Crippen LogP contribution in [0.15, 0.2) is 72.9 Å². The van der Waals surface area contributed by atoms with Crippen molar-refractivity contribution in [2.24, 2.45) is 5.73 Å². The number of hydrogen-bond donors (Lipinski definition) is 2. The molecule has 5 rings (SSSR count). The number of likely N-dealkylation sites (tertiary alicyclic amines) is 1. The highest BCUT2D eigenvalue weighted by Crippen LogP contribution is 2.29. The van der Waals surface area contributed by atoms with Gasteiger partial charge >= 0.3 is 0 Å². The summed E-state index contributed by atoms with van der Waals surface area (Å²) in [4.78, 5) is 22.3. The third-order valence-electron chi connectivity index (χ3n) is 6.16. The first-order valence-corrected chi connectivity index (χ1v) is 10.8. The van der Waals surface area contributed by atoms with Crippen molar-refractivity contribution < 1.29 is 4.79 Å². The molecule has 2 aromatic heterocycles. The standard InChI is InChI=1S/C26H26N4O/c27-26(31)21-5-1-4-19(15-21)24-7-2-8-25(29-24)22-6-3-13-30(17-22)16-18-9-10-23-20(14-18)11-12-28-23/h1-2,4-5,7-12,14-15,22,28H,3,6,13,16-17H2,(H2,27,31). The highest BCUT2D eigenvalue weighted by molar-refractivity contribution is 5.94. The van der Waals surface area contributed by atoms with E-state index in [2.05, 4.69) is 46.3 Å². The van der Waals surface area contributed by atoms with Crippen molar-refractivity contribution in [3.63, 3.8) is 0 Å². The van der Waals surface area contributed by atoms with E-state index in [4.69, 9.17) is 10.7 Å². The fourth-order valence-corrected chi connectivity index (χ4v) is 4.57. The maximum atomic E-state index is 11.5. The number of amides is 1. The molecule has 4 aromatic rings. The Bertz CT molecular complexity index is 1230. The minimum atomic E-state index is -0.418. The summed E-state index contributed by atoms with van der Waals surface area (Å²) in [5.74, 6) is -0.0113. The van der Waals surface area contributed by atoms with Crippen LogP contribution in [0.1, 0.15) is 40.4 Å². The molecule has 3 heterocycles. The number of H-pyrrole nitrogens is 1. The number of nitrogens with zero attached hydrogens (tertiary/aromatic N) is 2. The smallest absolute Gasteiger partial charge is 0.248 e. The number of hydrogen-bond acceptors (Lipinski definition) is 3. The summed E-state index contributed by atoms with van der Waals surface area (Å²) in [6.45, 7) is 3.07. The lowest BCUT2D eigenvalue weighted by Gasteiger charge is -2.32. The number of nitrogens with one attached hydrogen (secondary N) is 1. The molecule has 1 fully saturated rings. The Morgan fingerprint density at radius 3 is 2.90 bits per heavy atom. The molecule has 0 spiro atoms. The van der Waals surface area contributed by atoms with Gasteiger partial charge in [-0.25, -0.2) is 0 Å². The summed E-state index contributed by atoms with van der Waals surface area (Å²) >= 11 is 0. The molecule has 5 heteroatoms. The van der Waals surface area contributed by atoms with Gasteiger partial charge in [-0.05, 0) is 72.8 Å². The Hall–Kier alpha value is -3.44. The van der Waals surface area contributed by atoms with Gasteiger partial charge in [-0.15, -0.1) is 0 Å². The van der Waals surface area contributed by atoms with Crippen molar-refractivity contribution in [3.8, 4) is 11.3 Å². The molecule has 0 bridgehead atoms. The first kappa shape index (κ1) is 19.5. The zero-order valence-corrected chi connectivity index (χ0v) is 17.4. The molecular formula is C26H26N4O. The third kappa shape index (κ3) is 4.23. The van der Waals surface area contributed by atoms with Crippen LogP contribution in [0.25, 0.3) is 22.2 Å². The minimum absolute atomic E-state index is 0.406. The largest absolute Gasteiger partial charge is 0.366 e. The van der Waals surface area contributed by atoms with Gasteiger partial charge in [0, 0.05) is 47.5 Å². The Morgan fingerprint density at radius 2 is 2.00 bits per heavy atom. The van der Waals surface area contributed by atoms with Crippen molar-refractivity contribution in [2.45, 2.75) is 25.3 Å². The Morgan fingerprint density at radius 1 is 1.10 bits per heavy atom. The summed E-state index contributed by atoms with van der Waals surface area (Å²) in [7, 11) is 0. The second-order valence-corrected chi connectivity index (χ2v) is 8.37. The normalized spacial score (nSPS) is 17.1. The van der Waals surface area contributed by atoms with E-state index in [1.165, 1.54) is 22.9 Å². The lowest BCUT2D eigenvalue weighted by atomic mass is 9.93. The maximum Gasteiger partial charge on any atom is 0.248 e. The quantitative estimate of drug-likeness (QED) is 0.500. The van der Waals surface area contributed by atoms with E-state index < -0.39 is 5.91 Å². The lowest BCUT2D eigenvalue weighted by molar-refractivity contribution is 0.100. The van der Waals surface area contributed by atoms with Crippen molar-refractivity contribution in [3.05, 3.63) is 89.7 Å². The predicted molar refractivity (Wildman–Crippen MR) is 124 cm³/mol. The fourth-order valence-electron chi connectivity index (χ4n) is 4.57. The van der Waals surface area contributed by atoms with Crippen LogP contribution in [0.4, 0.5) is 0 Å². The average molecular weight is 411 g/mol. The summed E-state index contributed by atoms with van der Waals surface area (Å²) in [5.41, 5.74) is 11.4. The van der Waals surface area contributed by atoms with Crippen LogP contribution < -0.4 is 5.73 Å². The van der Waals surface area contributed by atoms with E-state index in [-0.39, 0.29) is 0 Å². The summed E-state index contributed by atoms with van der Waals surface area (Å²) < 4.78 is 0. The Kier molecular flexibility index (Phi) is 5.26. The van der Waals surface area contributed by atoms with E-state index in [0.717, 1.165) is 43.0 Å². The van der Waals surface area contributed by atoms with Gasteiger partial charge in [-0.3, -0.25) is 14.7 Å². The molecule has 31 heavy (non-hydrogen) atoms. The van der Waals surface area contributed by atoms with Gasteiger partial charge in [-0.2, -0.15) is 0 Å². The maximum absolute atomic E-state index is 11.5. The van der Waals surface area contributed by atoms with Crippen LogP contribution in [0.3, 0.4) is 0 Å². The number of piperidine rings is 1. The summed E-state index contributed by atoms with van der Waals surface area (Å²) in [5, 5.41) is 1.26. The molecule has 2 aromatic carbocycles. The van der Waals surface area contributed by atoms with E-state index in [1.54, 1.807) is 6.07 Å². The van der Waals surface area contributed by atoms with E-state index >= 15 is 0 Å². The van der Waals surface area contributed by atoms with E-state index in [9.17, 15) is 4.79 Å². The minimum Gasteiger partial charge on any atom is -0.366 e. The summed E-state index contributed by atoms with van der Waals surface area (Å²) in [6, 6.07) is 22.4. The van der Waals surface area contributed by atoms with Crippen LogP contribution in [-0.2, 0) is 6.54 Å². The van der Waals surface area contributed by atoms with Crippen molar-refractivity contribution in [1.82, 2.24) is 14.9 Å². The van der Waals surface area contributed by atoms with Gasteiger partial charge in [0.1, 0.15) is 0 Å². The topological polar surface area (TPSA) is 75.0 Å². The van der Waals surface area contributed by atoms with Crippen LogP contribution in [0.2, 0.25) is 0 Å². The number of nitrogens with two attached hydrogens (primary N) is 1. The number of aromatic amines is 1. The Balaban J connectivity index is 1.33. The molecule has 156 valence electrons. The zero-order valence-electron chi connectivity index (χ0n) is 17.4. The second-order valence-electron chi connectivity index (χ2n) is 8.37. The predicted octanol–water partition coefficient (Wildman–Crippen LogP) is 4.71. The van der Waals surface area contributed by atoms with Gasteiger partial charge in [0.05, 0.1) is 5.69 Å². The summed E-state index contributed by atoms with van der Waals surface area (Å²) in [6.07, 6.45) is 4.30. The van der Waals surface area contributed by atoms with Crippen molar-refractivity contribution in [2.75, 3.05) is 13.1 Å². The van der Waals surface area contributed by atoms with E-state index in [0.29, 0.717) is 11.5 Å². The molecular weight excluding hydrogens is 384 g/mol. The van der Waals surface area contributed by atoms with Crippen LogP contribution >= 0.6 is 0 Å². The average Bonchev–Trinajstić information content (AvgIpc) is 3.27. The first-order valence-electron chi connectivity index (χ1n) is 10.8. The molecule has 5 nitrogen and oxygen atoms in total. The van der Waals surface area contributed by atoms with Crippen molar-refractivity contribution in [1.29, 1.82) is 0 Å². The molecule has 1 atom stereocenters. The van der Waals surface area contributed by atoms with Crippen molar-refractivity contribution >= 4 is 16.8 Å². The molecule has 1 saturated heterocycles. The monoisotopic (exact) mass is 410 g/mol. The van der Waals surface area contributed by atoms with Gasteiger partial charge in [0.15, 0.2) is 0 Å². The van der Waals surface area contributed by atoms with Gasteiger partial charge < -0.3 is 10.7 Å². The number of carbonyl (C=O) groups is 1. The highest BCUT2D eigenvalue weighted by atomic mass is 16.1.